The Morgan fingerprint density at radius 3 is 1.62 bits per heavy atom. The largest absolute Gasteiger partial charge is 0.444 e. The fraction of sp³-hybridized carbons (Fsp3) is 0.771. The van der Waals surface area contributed by atoms with Gasteiger partial charge >= 0.3 is 12.2 Å². The van der Waals surface area contributed by atoms with Crippen LogP contribution in [0.3, 0.4) is 0 Å². The first-order valence-electron chi connectivity index (χ1n) is 16.2. The molecule has 1 rings (SSSR count). The van der Waals surface area contributed by atoms with E-state index in [-0.39, 0.29) is 23.0 Å². The van der Waals surface area contributed by atoms with Crippen molar-refractivity contribution >= 4 is 12.2 Å². The van der Waals surface area contributed by atoms with Crippen LogP contribution in [0.5, 0.6) is 0 Å². The van der Waals surface area contributed by atoms with Crippen molar-refractivity contribution in [3.8, 4) is 0 Å². The molecule has 242 valence electrons. The fourth-order valence-corrected chi connectivity index (χ4v) is 4.93. The van der Waals surface area contributed by atoms with Gasteiger partial charge in [-0.15, -0.1) is 0 Å². The molecule has 0 aliphatic carbocycles. The lowest BCUT2D eigenvalue weighted by Gasteiger charge is -2.36. The van der Waals surface area contributed by atoms with E-state index in [1.165, 1.54) is 18.4 Å². The summed E-state index contributed by atoms with van der Waals surface area (Å²) >= 11 is 0. The van der Waals surface area contributed by atoms with Gasteiger partial charge in [-0.3, -0.25) is 4.90 Å². The van der Waals surface area contributed by atoms with Crippen molar-refractivity contribution in [2.75, 3.05) is 26.2 Å². The third-order valence-electron chi connectivity index (χ3n) is 8.26. The van der Waals surface area contributed by atoms with E-state index >= 15 is 0 Å². The van der Waals surface area contributed by atoms with Crippen molar-refractivity contribution < 1.29 is 19.1 Å². The van der Waals surface area contributed by atoms with Gasteiger partial charge < -0.3 is 20.1 Å². The third-order valence-corrected chi connectivity index (χ3v) is 8.26. The Morgan fingerprint density at radius 2 is 1.14 bits per heavy atom. The molecule has 2 unspecified atom stereocenters. The van der Waals surface area contributed by atoms with Crippen LogP contribution in [0.15, 0.2) is 30.3 Å². The summed E-state index contributed by atoms with van der Waals surface area (Å²) in [4.78, 5) is 26.6. The van der Waals surface area contributed by atoms with Crippen molar-refractivity contribution in [1.82, 2.24) is 15.5 Å². The number of amides is 2. The summed E-state index contributed by atoms with van der Waals surface area (Å²) in [7, 11) is 0. The molecule has 0 bridgehead atoms. The normalized spacial score (nSPS) is 15.0. The molecule has 0 spiro atoms. The summed E-state index contributed by atoms with van der Waals surface area (Å²) < 4.78 is 10.7. The Balaban J connectivity index is 2.66. The average molecular weight is 590 g/mol. The minimum atomic E-state index is -0.487. The van der Waals surface area contributed by atoms with Crippen LogP contribution in [0.25, 0.3) is 0 Å². The maximum Gasteiger partial charge on any atom is 0.407 e. The molecule has 0 aliphatic rings. The van der Waals surface area contributed by atoms with E-state index in [0.29, 0.717) is 13.1 Å². The summed E-state index contributed by atoms with van der Waals surface area (Å²) in [6, 6.07) is 10.6. The van der Waals surface area contributed by atoms with E-state index < -0.39 is 11.2 Å². The van der Waals surface area contributed by atoms with E-state index in [0.717, 1.165) is 58.2 Å². The Kier molecular flexibility index (Phi) is 15.9. The van der Waals surface area contributed by atoms with Crippen LogP contribution < -0.4 is 10.6 Å². The summed E-state index contributed by atoms with van der Waals surface area (Å²) in [6.07, 6.45) is 8.01. The fourth-order valence-electron chi connectivity index (χ4n) is 4.93. The second-order valence-corrected chi connectivity index (χ2v) is 14.7. The molecule has 0 fully saturated rings. The van der Waals surface area contributed by atoms with Crippen LogP contribution in [0.4, 0.5) is 9.59 Å². The topological polar surface area (TPSA) is 79.9 Å². The highest BCUT2D eigenvalue weighted by molar-refractivity contribution is 5.67. The molecule has 0 aliphatic heterocycles. The van der Waals surface area contributed by atoms with Gasteiger partial charge in [-0.25, -0.2) is 9.59 Å². The maximum absolute atomic E-state index is 12.1. The van der Waals surface area contributed by atoms with Crippen LogP contribution in [-0.4, -0.2) is 54.5 Å². The summed E-state index contributed by atoms with van der Waals surface area (Å²) in [5, 5.41) is 5.82. The molecule has 1 aromatic carbocycles. The van der Waals surface area contributed by atoms with Gasteiger partial charge in [0.05, 0.1) is 0 Å². The van der Waals surface area contributed by atoms with E-state index in [1.54, 1.807) is 0 Å². The number of rotatable bonds is 18. The molecular formula is C35H63N3O4. The molecule has 0 radical (unpaired) electrons. The number of alkyl carbamates (subject to hydrolysis) is 2. The molecule has 2 N–H and O–H groups in total. The van der Waals surface area contributed by atoms with Gasteiger partial charge in [0.2, 0.25) is 0 Å². The molecule has 0 aromatic heterocycles. The second-order valence-electron chi connectivity index (χ2n) is 14.7. The predicted octanol–water partition coefficient (Wildman–Crippen LogP) is 8.71. The average Bonchev–Trinajstić information content (AvgIpc) is 2.89. The van der Waals surface area contributed by atoms with E-state index in [9.17, 15) is 9.59 Å². The number of nitrogens with zero attached hydrogens (tertiary/aromatic N) is 1. The van der Waals surface area contributed by atoms with Gasteiger partial charge in [-0.2, -0.15) is 0 Å². The summed E-state index contributed by atoms with van der Waals surface area (Å²) in [5.41, 5.74) is 0.867. The highest BCUT2D eigenvalue weighted by Gasteiger charge is 2.29. The number of hydrogen-bond donors (Lipinski definition) is 2. The molecule has 1 aromatic rings. The van der Waals surface area contributed by atoms with Gasteiger partial charge in [0.15, 0.2) is 0 Å². The first-order chi connectivity index (χ1) is 19.5. The molecule has 2 amide bonds. The standard InChI is InChI=1S/C35H63N3O4/c1-11-34(9,20-16-24-36-30(39)41-32(3,4)5)21-22-35(10,12-2)23-27-38(28-29-18-14-13-15-19-29)26-17-25-37-31(40)42-33(6,7)8/h13-15,18-19H,11-12,16-17,20-28H2,1-10H3,(H,36,39)(H,37,40). The maximum atomic E-state index is 12.1. The van der Waals surface area contributed by atoms with Crippen LogP contribution >= 0.6 is 0 Å². The molecule has 7 nitrogen and oxygen atoms in total. The monoisotopic (exact) mass is 589 g/mol. The van der Waals surface area contributed by atoms with Crippen molar-refractivity contribution in [2.45, 2.75) is 138 Å². The van der Waals surface area contributed by atoms with Gasteiger partial charge in [-0.1, -0.05) is 70.9 Å². The Labute approximate surface area is 257 Å². The Bertz CT molecular complexity index is 909. The van der Waals surface area contributed by atoms with Gasteiger partial charge in [0, 0.05) is 26.2 Å². The van der Waals surface area contributed by atoms with E-state index in [1.807, 2.05) is 41.5 Å². The number of ether oxygens (including phenoxy) is 2. The molecule has 0 saturated carbocycles. The number of hydrogen-bond acceptors (Lipinski definition) is 5. The highest BCUT2D eigenvalue weighted by Crippen LogP contribution is 2.40. The zero-order valence-electron chi connectivity index (χ0n) is 28.7. The third kappa shape index (κ3) is 17.6. The van der Waals surface area contributed by atoms with E-state index in [4.69, 9.17) is 9.47 Å². The smallest absolute Gasteiger partial charge is 0.407 e. The zero-order valence-corrected chi connectivity index (χ0v) is 28.7. The van der Waals surface area contributed by atoms with E-state index in [2.05, 4.69) is 73.6 Å². The number of nitrogens with one attached hydrogen (secondary N) is 2. The lowest BCUT2D eigenvalue weighted by molar-refractivity contribution is 0.0513. The first kappa shape index (κ1) is 37.7. The molecule has 42 heavy (non-hydrogen) atoms. The molecule has 7 heteroatoms. The molecular weight excluding hydrogens is 526 g/mol. The zero-order chi connectivity index (χ0) is 31.9. The number of carbonyl (C=O) groups is 2. The van der Waals surface area contributed by atoms with Gasteiger partial charge in [0.1, 0.15) is 11.2 Å². The van der Waals surface area contributed by atoms with Gasteiger partial charge in [-0.05, 0) is 103 Å². The summed E-state index contributed by atoms with van der Waals surface area (Å²) in [5.74, 6) is 0. The molecule has 2 atom stereocenters. The van der Waals surface area contributed by atoms with Gasteiger partial charge in [0.25, 0.3) is 0 Å². The van der Waals surface area contributed by atoms with Crippen LogP contribution in [0.2, 0.25) is 0 Å². The lowest BCUT2D eigenvalue weighted by atomic mass is 9.71. The summed E-state index contributed by atoms with van der Waals surface area (Å²) in [6.45, 7) is 24.8. The number of benzene rings is 1. The Morgan fingerprint density at radius 1 is 0.667 bits per heavy atom. The van der Waals surface area contributed by atoms with Crippen LogP contribution in [0.1, 0.15) is 126 Å². The second kappa shape index (κ2) is 17.7. The van der Waals surface area contributed by atoms with Crippen molar-refractivity contribution in [1.29, 1.82) is 0 Å². The molecule has 0 heterocycles. The highest BCUT2D eigenvalue weighted by atomic mass is 16.6. The SMILES string of the molecule is CCC(C)(CCCNC(=O)OC(C)(C)C)CCC(C)(CC)CCN(CCCNC(=O)OC(C)(C)C)Cc1ccccc1. The Hall–Kier alpha value is -2.28. The first-order valence-corrected chi connectivity index (χ1v) is 16.2. The quantitative estimate of drug-likeness (QED) is 0.167. The van der Waals surface area contributed by atoms with Crippen molar-refractivity contribution in [2.24, 2.45) is 10.8 Å². The minimum Gasteiger partial charge on any atom is -0.444 e. The van der Waals surface area contributed by atoms with Crippen molar-refractivity contribution in [3.63, 3.8) is 0 Å². The van der Waals surface area contributed by atoms with Crippen molar-refractivity contribution in [3.05, 3.63) is 35.9 Å². The van der Waals surface area contributed by atoms with Crippen LogP contribution in [0, 0.1) is 10.8 Å². The number of carbonyl (C=O) groups excluding carboxylic acids is 2. The minimum absolute atomic E-state index is 0.253. The van der Waals surface area contributed by atoms with Crippen LogP contribution in [-0.2, 0) is 16.0 Å². The molecule has 0 saturated heterocycles. The predicted molar refractivity (Wildman–Crippen MR) is 175 cm³/mol. The lowest BCUT2D eigenvalue weighted by Crippen LogP contribution is -2.35.